The Morgan fingerprint density at radius 3 is 2.79 bits per heavy atom. The standard InChI is InChI=1S/C18H17NO5/c1-19(22)7-12(20)11-6-13-18(24-8-23-13)15-9-4-2-3-5-10(9)17(21)16(19)14(11)15/h2-6,12,16-17,20-21H,7-8H2,1H3. The van der Waals surface area contributed by atoms with Crippen LogP contribution in [0.25, 0.3) is 11.1 Å². The van der Waals surface area contributed by atoms with Crippen LogP contribution in [-0.4, -0.2) is 35.2 Å². The molecule has 6 heteroatoms. The molecule has 1 aliphatic carbocycles. The molecule has 2 aliphatic heterocycles. The number of rotatable bonds is 0. The zero-order valence-electron chi connectivity index (χ0n) is 13.1. The van der Waals surface area contributed by atoms with Gasteiger partial charge in [-0.3, -0.25) is 0 Å². The summed E-state index contributed by atoms with van der Waals surface area (Å²) >= 11 is 0. The lowest BCUT2D eigenvalue weighted by Gasteiger charge is -2.53. The molecule has 124 valence electrons. The van der Waals surface area contributed by atoms with Crippen LogP contribution in [0.1, 0.15) is 34.9 Å². The zero-order valence-corrected chi connectivity index (χ0v) is 13.1. The molecule has 2 heterocycles. The number of aliphatic hydroxyl groups excluding tert-OH is 2. The minimum atomic E-state index is -0.928. The molecule has 24 heavy (non-hydrogen) atoms. The Morgan fingerprint density at radius 1 is 1.17 bits per heavy atom. The van der Waals surface area contributed by atoms with E-state index in [1.54, 1.807) is 6.07 Å². The zero-order chi connectivity index (χ0) is 16.6. The van der Waals surface area contributed by atoms with Gasteiger partial charge >= 0.3 is 0 Å². The summed E-state index contributed by atoms with van der Waals surface area (Å²) in [7, 11) is 1.50. The van der Waals surface area contributed by atoms with Crippen molar-refractivity contribution in [2.24, 2.45) is 0 Å². The third-order valence-corrected chi connectivity index (χ3v) is 5.36. The highest BCUT2D eigenvalue weighted by molar-refractivity contribution is 5.84. The molecule has 2 N–H and O–H groups in total. The Kier molecular flexibility index (Phi) is 2.66. The molecule has 0 aromatic heterocycles. The summed E-state index contributed by atoms with van der Waals surface area (Å²) in [5.41, 5.74) is 3.64. The Bertz CT molecular complexity index is 863. The predicted octanol–water partition coefficient (Wildman–Crippen LogP) is 2.16. The molecule has 3 aliphatic rings. The van der Waals surface area contributed by atoms with Crippen LogP contribution in [0.5, 0.6) is 11.5 Å². The van der Waals surface area contributed by atoms with Gasteiger partial charge in [-0.2, -0.15) is 0 Å². The van der Waals surface area contributed by atoms with Gasteiger partial charge in [0.25, 0.3) is 0 Å². The number of hydrogen-bond acceptors (Lipinski definition) is 5. The number of ether oxygens (including phenoxy) is 2. The molecule has 0 saturated carbocycles. The molecule has 4 unspecified atom stereocenters. The van der Waals surface area contributed by atoms with Crippen LogP contribution in [0.2, 0.25) is 0 Å². The van der Waals surface area contributed by atoms with E-state index in [-0.39, 0.29) is 13.3 Å². The van der Waals surface area contributed by atoms with Crippen molar-refractivity contribution >= 4 is 0 Å². The lowest BCUT2D eigenvalue weighted by molar-refractivity contribution is -0.904. The van der Waals surface area contributed by atoms with Crippen molar-refractivity contribution in [2.75, 3.05) is 20.4 Å². The van der Waals surface area contributed by atoms with Crippen molar-refractivity contribution in [3.8, 4) is 22.6 Å². The molecule has 4 atom stereocenters. The van der Waals surface area contributed by atoms with Crippen molar-refractivity contribution in [3.05, 3.63) is 52.2 Å². The average Bonchev–Trinajstić information content (AvgIpc) is 3.00. The average molecular weight is 327 g/mol. The molecule has 2 aromatic carbocycles. The monoisotopic (exact) mass is 327 g/mol. The van der Waals surface area contributed by atoms with Gasteiger partial charge in [0.1, 0.15) is 24.8 Å². The maximum atomic E-state index is 13.1. The van der Waals surface area contributed by atoms with Crippen LogP contribution < -0.4 is 9.47 Å². The fourth-order valence-corrected chi connectivity index (χ4v) is 4.38. The van der Waals surface area contributed by atoms with Crippen molar-refractivity contribution in [2.45, 2.75) is 18.2 Å². The van der Waals surface area contributed by atoms with Crippen LogP contribution in [0.15, 0.2) is 30.3 Å². The van der Waals surface area contributed by atoms with Crippen LogP contribution in [0, 0.1) is 5.21 Å². The molecule has 0 bridgehead atoms. The summed E-state index contributed by atoms with van der Waals surface area (Å²) in [5.74, 6) is 1.17. The second-order valence-corrected chi connectivity index (χ2v) is 6.84. The van der Waals surface area contributed by atoms with Gasteiger partial charge in [-0.05, 0) is 22.8 Å². The van der Waals surface area contributed by atoms with Crippen molar-refractivity contribution < 1.29 is 24.3 Å². The first-order valence-electron chi connectivity index (χ1n) is 7.97. The molecule has 0 radical (unpaired) electrons. The number of aliphatic hydroxyl groups is 2. The van der Waals surface area contributed by atoms with Crippen molar-refractivity contribution in [1.29, 1.82) is 0 Å². The minimum absolute atomic E-state index is 0.00399. The van der Waals surface area contributed by atoms with Gasteiger partial charge in [0.05, 0.1) is 7.05 Å². The Morgan fingerprint density at radius 2 is 1.96 bits per heavy atom. The van der Waals surface area contributed by atoms with Crippen LogP contribution in [0.4, 0.5) is 0 Å². The van der Waals surface area contributed by atoms with Gasteiger partial charge < -0.3 is 29.5 Å². The summed E-state index contributed by atoms with van der Waals surface area (Å²) in [6.07, 6.45) is -1.83. The number of quaternary nitrogens is 1. The fourth-order valence-electron chi connectivity index (χ4n) is 4.38. The summed E-state index contributed by atoms with van der Waals surface area (Å²) in [5, 5.41) is 34.6. The Balaban J connectivity index is 1.93. The van der Waals surface area contributed by atoms with Gasteiger partial charge in [0, 0.05) is 11.1 Å². The number of hydroxylamine groups is 3. The molecule has 6 nitrogen and oxygen atoms in total. The van der Waals surface area contributed by atoms with Crippen LogP contribution in [0.3, 0.4) is 0 Å². The number of hydrogen-bond donors (Lipinski definition) is 2. The highest BCUT2D eigenvalue weighted by Crippen LogP contribution is 2.59. The lowest BCUT2D eigenvalue weighted by Crippen LogP contribution is -2.51. The Hall–Kier alpha value is -2.12. The molecule has 2 aromatic rings. The fraction of sp³-hybridized carbons (Fsp3) is 0.333. The summed E-state index contributed by atoms with van der Waals surface area (Å²) < 4.78 is 10.5. The first-order chi connectivity index (χ1) is 11.5. The molecule has 0 fully saturated rings. The highest BCUT2D eigenvalue weighted by Gasteiger charge is 2.49. The minimum Gasteiger partial charge on any atom is -0.632 e. The second-order valence-electron chi connectivity index (χ2n) is 6.84. The van der Waals surface area contributed by atoms with Gasteiger partial charge in [-0.25, -0.2) is 0 Å². The summed E-state index contributed by atoms with van der Waals surface area (Å²) in [4.78, 5) is 0. The second kappa shape index (κ2) is 4.49. The normalized spacial score (nSPS) is 32.2. The largest absolute Gasteiger partial charge is 0.632 e. The lowest BCUT2D eigenvalue weighted by atomic mass is 9.74. The summed E-state index contributed by atoms with van der Waals surface area (Å²) in [6, 6.07) is 8.53. The number of nitrogens with zero attached hydrogens (tertiary/aromatic N) is 1. The SMILES string of the molecule is C[N+]1([O-])CC(O)c2cc3c(c4c2C1C(O)c1ccccc1-4)OCO3. The third kappa shape index (κ3) is 1.63. The molecule has 5 rings (SSSR count). The molecule has 0 spiro atoms. The molecular formula is C18H17NO5. The first kappa shape index (κ1) is 14.2. The third-order valence-electron chi connectivity index (χ3n) is 5.36. The van der Waals surface area contributed by atoms with E-state index in [1.807, 2.05) is 24.3 Å². The van der Waals surface area contributed by atoms with E-state index >= 15 is 0 Å². The topological polar surface area (TPSA) is 82.0 Å². The van der Waals surface area contributed by atoms with E-state index < -0.39 is 22.9 Å². The van der Waals surface area contributed by atoms with Crippen LogP contribution >= 0.6 is 0 Å². The maximum Gasteiger partial charge on any atom is 0.231 e. The van der Waals surface area contributed by atoms with E-state index in [0.717, 1.165) is 11.1 Å². The van der Waals surface area contributed by atoms with Gasteiger partial charge in [0.2, 0.25) is 6.79 Å². The first-order valence-corrected chi connectivity index (χ1v) is 7.97. The van der Waals surface area contributed by atoms with E-state index in [9.17, 15) is 15.4 Å². The van der Waals surface area contributed by atoms with E-state index in [4.69, 9.17) is 9.47 Å². The number of likely N-dealkylation sites (N-methyl/N-ethyl adjacent to an activating group) is 1. The van der Waals surface area contributed by atoms with Crippen molar-refractivity contribution in [1.82, 2.24) is 0 Å². The summed E-state index contributed by atoms with van der Waals surface area (Å²) in [6.45, 7) is 0.107. The van der Waals surface area contributed by atoms with Crippen molar-refractivity contribution in [3.63, 3.8) is 0 Å². The quantitative estimate of drug-likeness (QED) is 0.572. The van der Waals surface area contributed by atoms with Gasteiger partial charge in [-0.15, -0.1) is 0 Å². The molecule has 0 amide bonds. The maximum absolute atomic E-state index is 13.1. The molecular weight excluding hydrogens is 310 g/mol. The smallest absolute Gasteiger partial charge is 0.231 e. The Labute approximate surface area is 138 Å². The highest BCUT2D eigenvalue weighted by atomic mass is 16.7. The number of fused-ring (bicyclic) bond motifs is 4. The van der Waals surface area contributed by atoms with Gasteiger partial charge in [-0.1, -0.05) is 24.3 Å². The van der Waals surface area contributed by atoms with Crippen LogP contribution in [-0.2, 0) is 0 Å². The van der Waals surface area contributed by atoms with E-state index in [1.165, 1.54) is 7.05 Å². The molecule has 0 saturated heterocycles. The van der Waals surface area contributed by atoms with E-state index in [2.05, 4.69) is 0 Å². The van der Waals surface area contributed by atoms with Gasteiger partial charge in [0.15, 0.2) is 11.5 Å². The predicted molar refractivity (Wildman–Crippen MR) is 85.1 cm³/mol. The van der Waals surface area contributed by atoms with E-state index in [0.29, 0.717) is 28.2 Å². The number of benzene rings is 2.